The highest BCUT2D eigenvalue weighted by Crippen LogP contribution is 2.43. The molecule has 2 saturated heterocycles. The zero-order chi connectivity index (χ0) is 13.3. The number of nitrogens with zero attached hydrogens (tertiary/aromatic N) is 1. The fourth-order valence-corrected chi connectivity index (χ4v) is 3.28. The number of ether oxygens (including phenoxy) is 2. The Kier molecular flexibility index (Phi) is 3.27. The van der Waals surface area contributed by atoms with Gasteiger partial charge in [0.05, 0.1) is 19.9 Å². The molecule has 0 aromatic heterocycles. The molecule has 1 aromatic rings. The lowest BCUT2D eigenvalue weighted by atomic mass is 9.74. The van der Waals surface area contributed by atoms with Gasteiger partial charge in [0.25, 0.3) is 0 Å². The molecule has 2 heterocycles. The van der Waals surface area contributed by atoms with Crippen molar-refractivity contribution in [2.45, 2.75) is 12.8 Å². The summed E-state index contributed by atoms with van der Waals surface area (Å²) < 4.78 is 10.8. The molecular formula is C15H22N2O2. The van der Waals surface area contributed by atoms with Gasteiger partial charge in [0.2, 0.25) is 0 Å². The van der Waals surface area contributed by atoms with Crippen molar-refractivity contribution in [3.8, 4) is 11.5 Å². The van der Waals surface area contributed by atoms with Gasteiger partial charge < -0.3 is 19.7 Å². The zero-order valence-corrected chi connectivity index (χ0v) is 11.7. The van der Waals surface area contributed by atoms with E-state index in [2.05, 4.69) is 16.3 Å². The van der Waals surface area contributed by atoms with E-state index in [1.807, 2.05) is 12.1 Å². The number of anilines is 1. The van der Waals surface area contributed by atoms with Crippen molar-refractivity contribution in [1.29, 1.82) is 0 Å². The molecule has 0 atom stereocenters. The van der Waals surface area contributed by atoms with Gasteiger partial charge in [0, 0.05) is 31.1 Å². The second kappa shape index (κ2) is 4.93. The smallest absolute Gasteiger partial charge is 0.142 e. The molecule has 0 unspecified atom stereocenters. The van der Waals surface area contributed by atoms with E-state index in [9.17, 15) is 0 Å². The normalized spacial score (nSPS) is 21.1. The maximum Gasteiger partial charge on any atom is 0.142 e. The average Bonchev–Trinajstić information content (AvgIpc) is 2.45. The van der Waals surface area contributed by atoms with Gasteiger partial charge in [-0.1, -0.05) is 0 Å². The summed E-state index contributed by atoms with van der Waals surface area (Å²) >= 11 is 0. The topological polar surface area (TPSA) is 33.7 Å². The number of benzene rings is 1. The lowest BCUT2D eigenvalue weighted by Crippen LogP contribution is -2.62. The zero-order valence-electron chi connectivity index (χ0n) is 11.7. The molecule has 2 fully saturated rings. The molecule has 2 aliphatic heterocycles. The van der Waals surface area contributed by atoms with Crippen molar-refractivity contribution < 1.29 is 9.47 Å². The first-order valence-electron chi connectivity index (χ1n) is 6.94. The van der Waals surface area contributed by atoms with Crippen LogP contribution in [0.2, 0.25) is 0 Å². The Labute approximate surface area is 114 Å². The van der Waals surface area contributed by atoms with Crippen molar-refractivity contribution in [2.75, 3.05) is 45.3 Å². The Bertz CT molecular complexity index is 447. The van der Waals surface area contributed by atoms with Crippen LogP contribution >= 0.6 is 0 Å². The van der Waals surface area contributed by atoms with E-state index in [0.717, 1.165) is 36.8 Å². The molecule has 0 aliphatic carbocycles. The van der Waals surface area contributed by atoms with Crippen LogP contribution in [0.3, 0.4) is 0 Å². The third-order valence-corrected chi connectivity index (χ3v) is 4.34. The second-order valence-corrected chi connectivity index (χ2v) is 5.67. The molecular weight excluding hydrogens is 240 g/mol. The van der Waals surface area contributed by atoms with Crippen LogP contribution in [0.1, 0.15) is 12.8 Å². The summed E-state index contributed by atoms with van der Waals surface area (Å²) in [7, 11) is 3.43. The molecule has 0 bridgehead atoms. The second-order valence-electron chi connectivity index (χ2n) is 5.67. The fourth-order valence-electron chi connectivity index (χ4n) is 3.28. The minimum absolute atomic E-state index is 0.479. The fraction of sp³-hybridized carbons (Fsp3) is 0.600. The van der Waals surface area contributed by atoms with Crippen molar-refractivity contribution in [2.24, 2.45) is 5.41 Å². The van der Waals surface area contributed by atoms with Crippen LogP contribution in [-0.4, -0.2) is 40.4 Å². The van der Waals surface area contributed by atoms with E-state index < -0.39 is 0 Å². The number of nitrogens with one attached hydrogen (secondary N) is 1. The van der Waals surface area contributed by atoms with E-state index in [0.29, 0.717) is 5.41 Å². The predicted octanol–water partition coefficient (Wildman–Crippen LogP) is 1.89. The van der Waals surface area contributed by atoms with Crippen LogP contribution in [0.25, 0.3) is 0 Å². The molecule has 1 N–H and O–H groups in total. The Morgan fingerprint density at radius 1 is 1.21 bits per heavy atom. The van der Waals surface area contributed by atoms with Crippen LogP contribution in [0.5, 0.6) is 11.5 Å². The van der Waals surface area contributed by atoms with Crippen molar-refractivity contribution >= 4 is 5.69 Å². The van der Waals surface area contributed by atoms with Crippen LogP contribution in [0.4, 0.5) is 5.69 Å². The summed E-state index contributed by atoms with van der Waals surface area (Å²) in [6.45, 7) is 4.55. The van der Waals surface area contributed by atoms with E-state index in [1.54, 1.807) is 14.2 Å². The molecule has 0 amide bonds. The first kappa shape index (κ1) is 12.6. The van der Waals surface area contributed by atoms with Crippen LogP contribution < -0.4 is 19.7 Å². The summed E-state index contributed by atoms with van der Waals surface area (Å²) in [5.41, 5.74) is 1.63. The quantitative estimate of drug-likeness (QED) is 0.902. The average molecular weight is 262 g/mol. The molecule has 3 rings (SSSR count). The van der Waals surface area contributed by atoms with Crippen molar-refractivity contribution in [3.05, 3.63) is 18.2 Å². The van der Waals surface area contributed by atoms with Crippen molar-refractivity contribution in [3.63, 3.8) is 0 Å². The van der Waals surface area contributed by atoms with Crippen LogP contribution in [0, 0.1) is 5.41 Å². The van der Waals surface area contributed by atoms with E-state index in [4.69, 9.17) is 9.47 Å². The number of hydrogen-bond acceptors (Lipinski definition) is 4. The van der Waals surface area contributed by atoms with Gasteiger partial charge in [-0.05, 0) is 31.5 Å². The number of rotatable bonds is 3. The summed E-state index contributed by atoms with van der Waals surface area (Å²) in [4.78, 5) is 2.40. The first-order chi connectivity index (χ1) is 9.26. The minimum Gasteiger partial charge on any atom is -0.497 e. The van der Waals surface area contributed by atoms with Gasteiger partial charge in [0.1, 0.15) is 11.5 Å². The Morgan fingerprint density at radius 2 is 2.05 bits per heavy atom. The maximum atomic E-state index is 5.46. The largest absolute Gasteiger partial charge is 0.497 e. The van der Waals surface area contributed by atoms with E-state index >= 15 is 0 Å². The van der Waals surface area contributed by atoms with Crippen LogP contribution in [-0.2, 0) is 0 Å². The van der Waals surface area contributed by atoms with Crippen LogP contribution in [0.15, 0.2) is 18.2 Å². The van der Waals surface area contributed by atoms with E-state index in [1.165, 1.54) is 19.4 Å². The first-order valence-corrected chi connectivity index (χ1v) is 6.94. The molecule has 0 saturated carbocycles. The number of hydrogen-bond donors (Lipinski definition) is 1. The van der Waals surface area contributed by atoms with Crippen molar-refractivity contribution in [1.82, 2.24) is 5.32 Å². The molecule has 19 heavy (non-hydrogen) atoms. The third kappa shape index (κ3) is 2.25. The van der Waals surface area contributed by atoms with Gasteiger partial charge >= 0.3 is 0 Å². The molecule has 104 valence electrons. The third-order valence-electron chi connectivity index (χ3n) is 4.34. The summed E-state index contributed by atoms with van der Waals surface area (Å²) in [5, 5.41) is 3.52. The molecule has 0 radical (unpaired) electrons. The van der Waals surface area contributed by atoms with Gasteiger partial charge in [-0.25, -0.2) is 0 Å². The highest BCUT2D eigenvalue weighted by atomic mass is 16.5. The molecule has 1 aromatic carbocycles. The highest BCUT2D eigenvalue weighted by molar-refractivity contribution is 5.63. The lowest BCUT2D eigenvalue weighted by Gasteiger charge is -2.53. The summed E-state index contributed by atoms with van der Waals surface area (Å²) in [5.74, 6) is 1.82. The van der Waals surface area contributed by atoms with E-state index in [-0.39, 0.29) is 0 Å². The van der Waals surface area contributed by atoms with Gasteiger partial charge in [-0.2, -0.15) is 0 Å². The Hall–Kier alpha value is -1.42. The molecule has 1 spiro atoms. The highest BCUT2D eigenvalue weighted by Gasteiger charge is 2.44. The number of methoxy groups -OCH3 is 2. The molecule has 4 nitrogen and oxygen atoms in total. The minimum atomic E-state index is 0.479. The van der Waals surface area contributed by atoms with Gasteiger partial charge in [0.15, 0.2) is 0 Å². The Morgan fingerprint density at radius 3 is 2.68 bits per heavy atom. The predicted molar refractivity (Wildman–Crippen MR) is 76.3 cm³/mol. The SMILES string of the molecule is COc1ccc(OC)c(N2CC3(CCCNC3)C2)c1. The molecule has 2 aliphatic rings. The summed E-state index contributed by atoms with van der Waals surface area (Å²) in [6, 6.07) is 6.00. The lowest BCUT2D eigenvalue weighted by molar-refractivity contribution is 0.156. The monoisotopic (exact) mass is 262 g/mol. The number of piperidine rings is 1. The summed E-state index contributed by atoms with van der Waals surface area (Å²) in [6.07, 6.45) is 2.63. The molecule has 4 heteroatoms. The van der Waals surface area contributed by atoms with Gasteiger partial charge in [-0.15, -0.1) is 0 Å². The maximum absolute atomic E-state index is 5.46. The standard InChI is InChI=1S/C15H22N2O2/c1-18-12-4-5-14(19-2)13(8-12)17-10-15(11-17)6-3-7-16-9-15/h4-5,8,16H,3,6-7,9-11H2,1-2H3. The van der Waals surface area contributed by atoms with Gasteiger partial charge in [-0.3, -0.25) is 0 Å². The Balaban J connectivity index is 1.76.